The van der Waals surface area contributed by atoms with Crippen LogP contribution in [-0.4, -0.2) is 63.5 Å². The summed E-state index contributed by atoms with van der Waals surface area (Å²) in [5.41, 5.74) is 0.00570. The van der Waals surface area contributed by atoms with Crippen molar-refractivity contribution in [3.05, 3.63) is 0 Å². The van der Waals surface area contributed by atoms with Gasteiger partial charge in [-0.25, -0.2) is 0 Å². The molecule has 1 aliphatic heterocycles. The minimum absolute atomic E-state index is 0. The van der Waals surface area contributed by atoms with Crippen molar-refractivity contribution in [2.45, 2.75) is 70.3 Å². The van der Waals surface area contributed by atoms with Crippen molar-refractivity contribution in [2.24, 2.45) is 10.9 Å². The molecule has 6 heteroatoms. The molecule has 0 spiro atoms. The summed E-state index contributed by atoms with van der Waals surface area (Å²) in [6, 6.07) is 0. The lowest BCUT2D eigenvalue weighted by atomic mass is 9.84. The molecule has 0 aromatic rings. The monoisotopic (exact) mass is 481 g/mol. The van der Waals surface area contributed by atoms with Crippen LogP contribution < -0.4 is 5.32 Å². The topological polar surface area (TPSA) is 46.1 Å². The van der Waals surface area contributed by atoms with Crippen molar-refractivity contribution >= 4 is 29.9 Å². The number of nitrogens with zero attached hydrogens (tertiary/aromatic N) is 2. The highest BCUT2D eigenvalue weighted by atomic mass is 127. The fourth-order valence-corrected chi connectivity index (χ4v) is 4.03. The van der Waals surface area contributed by atoms with E-state index in [9.17, 15) is 0 Å². The number of hydrogen-bond acceptors (Lipinski definition) is 3. The fraction of sp³-hybridized carbons (Fsp3) is 0.950. The second-order valence-electron chi connectivity index (χ2n) is 7.76. The minimum Gasteiger partial charge on any atom is -0.381 e. The van der Waals surface area contributed by atoms with Crippen LogP contribution in [0, 0.1) is 5.92 Å². The Morgan fingerprint density at radius 1 is 1.23 bits per heavy atom. The first-order valence-corrected chi connectivity index (χ1v) is 10.3. The van der Waals surface area contributed by atoms with Gasteiger partial charge in [-0.05, 0) is 44.4 Å². The Balaban J connectivity index is 0.00000338. The predicted octanol–water partition coefficient (Wildman–Crippen LogP) is 4.06. The molecule has 0 bridgehead atoms. The highest BCUT2D eigenvalue weighted by Gasteiger charge is 2.33. The van der Waals surface area contributed by atoms with E-state index in [1.807, 2.05) is 7.05 Å². The van der Waals surface area contributed by atoms with Crippen molar-refractivity contribution in [2.75, 3.05) is 47.0 Å². The van der Waals surface area contributed by atoms with Crippen LogP contribution >= 0.6 is 24.0 Å². The number of nitrogens with one attached hydrogen (secondary N) is 1. The SMILES string of the molecule is CCCOC1(CNC(=NC)N(C)CCC2CCOCC2)CCCCC1.I. The molecule has 2 aliphatic rings. The molecule has 2 fully saturated rings. The molecule has 0 atom stereocenters. The van der Waals surface area contributed by atoms with E-state index in [1.165, 1.54) is 51.4 Å². The summed E-state index contributed by atoms with van der Waals surface area (Å²) < 4.78 is 11.8. The van der Waals surface area contributed by atoms with E-state index in [0.717, 1.165) is 51.2 Å². The largest absolute Gasteiger partial charge is 0.381 e. The number of halogens is 1. The smallest absolute Gasteiger partial charge is 0.193 e. The third-order valence-corrected chi connectivity index (χ3v) is 5.73. The molecular weight excluding hydrogens is 441 g/mol. The van der Waals surface area contributed by atoms with Gasteiger partial charge in [0.1, 0.15) is 0 Å². The summed E-state index contributed by atoms with van der Waals surface area (Å²) in [5.74, 6) is 1.80. The van der Waals surface area contributed by atoms with E-state index in [0.29, 0.717) is 0 Å². The van der Waals surface area contributed by atoms with E-state index in [-0.39, 0.29) is 29.6 Å². The number of rotatable bonds is 8. The van der Waals surface area contributed by atoms with Crippen LogP contribution in [0.2, 0.25) is 0 Å². The lowest BCUT2D eigenvalue weighted by Gasteiger charge is -2.38. The summed E-state index contributed by atoms with van der Waals surface area (Å²) in [4.78, 5) is 6.77. The molecule has 1 saturated heterocycles. The van der Waals surface area contributed by atoms with Crippen LogP contribution in [0.1, 0.15) is 64.7 Å². The van der Waals surface area contributed by atoms with Gasteiger partial charge in [-0.2, -0.15) is 0 Å². The highest BCUT2D eigenvalue weighted by molar-refractivity contribution is 14.0. The van der Waals surface area contributed by atoms with Crippen LogP contribution in [0.25, 0.3) is 0 Å². The molecule has 26 heavy (non-hydrogen) atoms. The molecule has 1 heterocycles. The first-order valence-electron chi connectivity index (χ1n) is 10.3. The first kappa shape index (κ1) is 24.0. The summed E-state index contributed by atoms with van der Waals surface area (Å²) in [6.45, 7) is 6.83. The summed E-state index contributed by atoms with van der Waals surface area (Å²) in [7, 11) is 4.03. The first-order chi connectivity index (χ1) is 12.2. The van der Waals surface area contributed by atoms with Gasteiger partial charge in [0.25, 0.3) is 0 Å². The maximum atomic E-state index is 6.30. The standard InChI is InChI=1S/C20H39N3O2.HI/c1-4-14-25-20(11-6-5-7-12-20)17-22-19(21-2)23(3)13-8-18-9-15-24-16-10-18;/h18H,4-17H2,1-3H3,(H,21,22);1H. The van der Waals surface area contributed by atoms with E-state index in [2.05, 4.69) is 29.2 Å². The Labute approximate surface area is 177 Å². The highest BCUT2D eigenvalue weighted by Crippen LogP contribution is 2.31. The fourth-order valence-electron chi connectivity index (χ4n) is 4.03. The lowest BCUT2D eigenvalue weighted by Crippen LogP contribution is -2.50. The van der Waals surface area contributed by atoms with Gasteiger partial charge in [-0.15, -0.1) is 24.0 Å². The molecule has 0 aromatic heterocycles. The summed E-state index contributed by atoms with van der Waals surface area (Å²) >= 11 is 0. The number of hydrogen-bond donors (Lipinski definition) is 1. The Hall–Kier alpha value is -0.0800. The van der Waals surface area contributed by atoms with Crippen molar-refractivity contribution in [1.29, 1.82) is 0 Å². The summed E-state index contributed by atoms with van der Waals surface area (Å²) in [6.07, 6.45) is 11.0. The maximum absolute atomic E-state index is 6.30. The zero-order valence-electron chi connectivity index (χ0n) is 17.1. The molecule has 154 valence electrons. The molecule has 1 saturated carbocycles. The molecule has 5 nitrogen and oxygen atoms in total. The number of guanidine groups is 1. The number of aliphatic imine (C=N–C) groups is 1. The Kier molecular flexibility index (Phi) is 12.1. The van der Waals surface area contributed by atoms with E-state index < -0.39 is 0 Å². The summed E-state index contributed by atoms with van der Waals surface area (Å²) in [5, 5.41) is 3.60. The molecule has 0 amide bonds. The average Bonchev–Trinajstić information content (AvgIpc) is 2.67. The van der Waals surface area contributed by atoms with Crippen molar-refractivity contribution < 1.29 is 9.47 Å². The third kappa shape index (κ3) is 7.89. The molecule has 0 unspecified atom stereocenters. The van der Waals surface area contributed by atoms with E-state index >= 15 is 0 Å². The third-order valence-electron chi connectivity index (χ3n) is 5.73. The van der Waals surface area contributed by atoms with Crippen LogP contribution in [0.15, 0.2) is 4.99 Å². The Morgan fingerprint density at radius 3 is 2.54 bits per heavy atom. The van der Waals surface area contributed by atoms with Crippen LogP contribution in [-0.2, 0) is 9.47 Å². The second kappa shape index (κ2) is 13.2. The average molecular weight is 481 g/mol. The van der Waals surface area contributed by atoms with Gasteiger partial charge >= 0.3 is 0 Å². The van der Waals surface area contributed by atoms with Crippen LogP contribution in [0.5, 0.6) is 0 Å². The van der Waals surface area contributed by atoms with Gasteiger partial charge in [0, 0.05) is 47.0 Å². The van der Waals surface area contributed by atoms with Gasteiger partial charge in [0.2, 0.25) is 0 Å². The van der Waals surface area contributed by atoms with Crippen molar-refractivity contribution in [3.8, 4) is 0 Å². The lowest BCUT2D eigenvalue weighted by molar-refractivity contribution is -0.0659. The quantitative estimate of drug-likeness (QED) is 0.323. The molecule has 2 rings (SSSR count). The van der Waals surface area contributed by atoms with Crippen LogP contribution in [0.3, 0.4) is 0 Å². The second-order valence-corrected chi connectivity index (χ2v) is 7.76. The van der Waals surface area contributed by atoms with E-state index in [4.69, 9.17) is 9.47 Å². The minimum atomic E-state index is 0. The Morgan fingerprint density at radius 2 is 1.92 bits per heavy atom. The maximum Gasteiger partial charge on any atom is 0.193 e. The molecule has 0 radical (unpaired) electrons. The van der Waals surface area contributed by atoms with Crippen LogP contribution in [0.4, 0.5) is 0 Å². The van der Waals surface area contributed by atoms with Crippen molar-refractivity contribution in [3.63, 3.8) is 0 Å². The van der Waals surface area contributed by atoms with Gasteiger partial charge in [-0.3, -0.25) is 4.99 Å². The van der Waals surface area contributed by atoms with Gasteiger partial charge in [0.05, 0.1) is 5.60 Å². The molecule has 1 N–H and O–H groups in total. The Bertz CT molecular complexity index is 395. The van der Waals surface area contributed by atoms with Crippen molar-refractivity contribution in [1.82, 2.24) is 10.2 Å². The zero-order chi connectivity index (χ0) is 18.0. The molecular formula is C20H40IN3O2. The zero-order valence-corrected chi connectivity index (χ0v) is 19.4. The number of ether oxygens (including phenoxy) is 2. The van der Waals surface area contributed by atoms with Gasteiger partial charge in [0.15, 0.2) is 5.96 Å². The predicted molar refractivity (Wildman–Crippen MR) is 120 cm³/mol. The van der Waals surface area contributed by atoms with Gasteiger partial charge in [-0.1, -0.05) is 26.2 Å². The van der Waals surface area contributed by atoms with E-state index in [1.54, 1.807) is 0 Å². The molecule has 0 aromatic carbocycles. The van der Waals surface area contributed by atoms with Gasteiger partial charge < -0.3 is 19.7 Å². The molecule has 1 aliphatic carbocycles. The normalized spacial score (nSPS) is 21.1.